The molecule has 1 aliphatic rings. The van der Waals surface area contributed by atoms with Crippen LogP contribution in [-0.2, 0) is 28.5 Å². The molecule has 6 heteroatoms. The van der Waals surface area contributed by atoms with Crippen molar-refractivity contribution in [2.45, 2.75) is 45.4 Å². The molecule has 0 fully saturated rings. The maximum Gasteiger partial charge on any atom is 0.303 e. The Bertz CT molecular complexity index is 582. The summed E-state index contributed by atoms with van der Waals surface area (Å²) >= 11 is 0. The van der Waals surface area contributed by atoms with Gasteiger partial charge in [0.05, 0.1) is 6.10 Å². The van der Waals surface area contributed by atoms with Crippen LogP contribution in [0, 0.1) is 0 Å². The maximum atomic E-state index is 11.2. The van der Waals surface area contributed by atoms with Crippen molar-refractivity contribution in [2.24, 2.45) is 0 Å². The topological polar surface area (TPSA) is 71.1 Å². The molecule has 24 heavy (non-hydrogen) atoms. The molecule has 0 radical (unpaired) electrons. The number of carbonyl (C=O) groups is 2. The van der Waals surface area contributed by atoms with Gasteiger partial charge in [-0.25, -0.2) is 0 Å². The predicted molar refractivity (Wildman–Crippen MR) is 85.9 cm³/mol. The molecule has 0 unspecified atom stereocenters. The minimum Gasteiger partial charge on any atom is -0.463 e. The van der Waals surface area contributed by atoms with E-state index >= 15 is 0 Å². The first-order valence-electron chi connectivity index (χ1n) is 7.80. The van der Waals surface area contributed by atoms with Gasteiger partial charge in [-0.1, -0.05) is 30.3 Å². The first kappa shape index (κ1) is 18.2. The van der Waals surface area contributed by atoms with Crippen LogP contribution in [-0.4, -0.2) is 37.0 Å². The second kappa shape index (κ2) is 8.61. The molecule has 130 valence electrons. The van der Waals surface area contributed by atoms with E-state index in [1.807, 2.05) is 37.3 Å². The molecule has 4 atom stereocenters. The molecule has 2 rings (SSSR count). The quantitative estimate of drug-likeness (QED) is 0.588. The van der Waals surface area contributed by atoms with Crippen LogP contribution < -0.4 is 0 Å². The third-order valence-electron chi connectivity index (χ3n) is 3.49. The lowest BCUT2D eigenvalue weighted by Crippen LogP contribution is -2.42. The standard InChI is InChI=1S/C18H22O6/c1-12(15-7-5-4-6-8-15)22-18-10-9-16(23-14(3)20)17(24-18)11-21-13(2)19/h4-10,12,16-18H,11H2,1-3H3/t12-,16-,17+,18-/m0/s1. The monoisotopic (exact) mass is 334 g/mol. The highest BCUT2D eigenvalue weighted by Gasteiger charge is 2.31. The van der Waals surface area contributed by atoms with Gasteiger partial charge in [-0.3, -0.25) is 9.59 Å². The van der Waals surface area contributed by atoms with E-state index in [1.165, 1.54) is 13.8 Å². The van der Waals surface area contributed by atoms with Gasteiger partial charge in [-0.15, -0.1) is 0 Å². The zero-order valence-electron chi connectivity index (χ0n) is 14.0. The fourth-order valence-corrected chi connectivity index (χ4v) is 2.34. The molecule has 6 nitrogen and oxygen atoms in total. The van der Waals surface area contributed by atoms with E-state index in [4.69, 9.17) is 18.9 Å². The van der Waals surface area contributed by atoms with Crippen molar-refractivity contribution >= 4 is 11.9 Å². The molecule has 1 aromatic carbocycles. The Morgan fingerprint density at radius 3 is 2.46 bits per heavy atom. The molecule has 0 aliphatic carbocycles. The van der Waals surface area contributed by atoms with E-state index in [0.717, 1.165) is 5.56 Å². The van der Waals surface area contributed by atoms with E-state index in [0.29, 0.717) is 0 Å². The Morgan fingerprint density at radius 2 is 1.83 bits per heavy atom. The van der Waals surface area contributed by atoms with Crippen molar-refractivity contribution in [3.05, 3.63) is 48.0 Å². The lowest BCUT2D eigenvalue weighted by Gasteiger charge is -2.32. The van der Waals surface area contributed by atoms with Gasteiger partial charge in [-0.2, -0.15) is 0 Å². The summed E-state index contributed by atoms with van der Waals surface area (Å²) in [6.45, 7) is 4.53. The van der Waals surface area contributed by atoms with Crippen molar-refractivity contribution in [1.82, 2.24) is 0 Å². The highest BCUT2D eigenvalue weighted by molar-refractivity contribution is 5.66. The summed E-state index contributed by atoms with van der Waals surface area (Å²) in [4.78, 5) is 22.2. The zero-order chi connectivity index (χ0) is 17.5. The van der Waals surface area contributed by atoms with E-state index in [2.05, 4.69) is 0 Å². The lowest BCUT2D eigenvalue weighted by atomic mass is 10.1. The smallest absolute Gasteiger partial charge is 0.303 e. The van der Waals surface area contributed by atoms with Crippen molar-refractivity contribution in [2.75, 3.05) is 6.61 Å². The van der Waals surface area contributed by atoms with Crippen molar-refractivity contribution < 1.29 is 28.5 Å². The summed E-state index contributed by atoms with van der Waals surface area (Å²) < 4.78 is 21.8. The van der Waals surface area contributed by atoms with Crippen LogP contribution in [0.25, 0.3) is 0 Å². The number of rotatable bonds is 6. The second-order valence-corrected chi connectivity index (χ2v) is 5.49. The van der Waals surface area contributed by atoms with Gasteiger partial charge < -0.3 is 18.9 Å². The summed E-state index contributed by atoms with van der Waals surface area (Å²) in [7, 11) is 0. The van der Waals surface area contributed by atoms with E-state index in [9.17, 15) is 9.59 Å². The number of hydrogen-bond acceptors (Lipinski definition) is 6. The van der Waals surface area contributed by atoms with Gasteiger partial charge >= 0.3 is 11.9 Å². The highest BCUT2D eigenvalue weighted by atomic mass is 16.7. The van der Waals surface area contributed by atoms with Gasteiger partial charge in [0, 0.05) is 13.8 Å². The van der Waals surface area contributed by atoms with Gasteiger partial charge in [0.2, 0.25) is 0 Å². The van der Waals surface area contributed by atoms with Crippen LogP contribution in [0.3, 0.4) is 0 Å². The van der Waals surface area contributed by atoms with Crippen LogP contribution in [0.4, 0.5) is 0 Å². The number of benzene rings is 1. The Labute approximate surface area is 141 Å². The number of esters is 2. The minimum atomic E-state index is -0.618. The summed E-state index contributed by atoms with van der Waals surface area (Å²) in [5.74, 6) is -0.858. The molecule has 0 saturated carbocycles. The van der Waals surface area contributed by atoms with Gasteiger partial charge in [0.15, 0.2) is 6.29 Å². The van der Waals surface area contributed by atoms with Gasteiger partial charge in [0.25, 0.3) is 0 Å². The van der Waals surface area contributed by atoms with Crippen LogP contribution in [0.2, 0.25) is 0 Å². The molecule has 1 heterocycles. The Morgan fingerprint density at radius 1 is 1.12 bits per heavy atom. The molecule has 0 spiro atoms. The zero-order valence-corrected chi connectivity index (χ0v) is 14.0. The Hall–Kier alpha value is -2.18. The molecule has 1 aromatic rings. The fraction of sp³-hybridized carbons (Fsp3) is 0.444. The molecule has 1 aliphatic heterocycles. The second-order valence-electron chi connectivity index (χ2n) is 5.49. The van der Waals surface area contributed by atoms with Crippen molar-refractivity contribution in [3.8, 4) is 0 Å². The van der Waals surface area contributed by atoms with E-state index in [1.54, 1.807) is 12.2 Å². The number of ether oxygens (including phenoxy) is 4. The van der Waals surface area contributed by atoms with Crippen LogP contribution in [0.5, 0.6) is 0 Å². The molecule has 0 aromatic heterocycles. The summed E-state index contributed by atoms with van der Waals surface area (Å²) in [5, 5.41) is 0. The Kier molecular flexibility index (Phi) is 6.52. The van der Waals surface area contributed by atoms with Crippen LogP contribution in [0.15, 0.2) is 42.5 Å². The molecule has 0 N–H and O–H groups in total. The van der Waals surface area contributed by atoms with Gasteiger partial charge in [0.1, 0.15) is 18.8 Å². The normalized spacial score (nSPS) is 24.2. The third-order valence-corrected chi connectivity index (χ3v) is 3.49. The van der Waals surface area contributed by atoms with Crippen LogP contribution >= 0.6 is 0 Å². The first-order chi connectivity index (χ1) is 11.5. The first-order valence-corrected chi connectivity index (χ1v) is 7.80. The van der Waals surface area contributed by atoms with E-state index < -0.39 is 30.4 Å². The fourth-order valence-electron chi connectivity index (χ4n) is 2.34. The highest BCUT2D eigenvalue weighted by Crippen LogP contribution is 2.24. The molecule has 0 saturated heterocycles. The van der Waals surface area contributed by atoms with Gasteiger partial charge in [-0.05, 0) is 24.6 Å². The molecular weight excluding hydrogens is 312 g/mol. The molecule has 0 amide bonds. The average Bonchev–Trinajstić information content (AvgIpc) is 2.55. The molecular formula is C18H22O6. The largest absolute Gasteiger partial charge is 0.463 e. The van der Waals surface area contributed by atoms with Crippen molar-refractivity contribution in [3.63, 3.8) is 0 Å². The SMILES string of the molecule is CC(=O)OC[C@H]1O[C@H](O[C@@H](C)c2ccccc2)C=C[C@@H]1OC(C)=O. The van der Waals surface area contributed by atoms with Crippen molar-refractivity contribution in [1.29, 1.82) is 0 Å². The molecule has 0 bridgehead atoms. The van der Waals surface area contributed by atoms with Crippen LogP contribution in [0.1, 0.15) is 32.4 Å². The lowest BCUT2D eigenvalue weighted by molar-refractivity contribution is -0.208. The number of carbonyl (C=O) groups excluding carboxylic acids is 2. The summed E-state index contributed by atoms with van der Waals surface area (Å²) in [6.07, 6.45) is 1.36. The summed E-state index contributed by atoms with van der Waals surface area (Å²) in [5.41, 5.74) is 1.02. The summed E-state index contributed by atoms with van der Waals surface area (Å²) in [6, 6.07) is 9.75. The Balaban J connectivity index is 2.01. The average molecular weight is 334 g/mol. The van der Waals surface area contributed by atoms with E-state index in [-0.39, 0.29) is 12.7 Å². The third kappa shape index (κ3) is 5.47. The maximum absolute atomic E-state index is 11.2. The number of hydrogen-bond donors (Lipinski definition) is 0. The minimum absolute atomic E-state index is 0.0167. The predicted octanol–water partition coefficient (Wildman–Crippen LogP) is 2.54.